The molecule has 0 spiro atoms. The second-order valence-electron chi connectivity index (χ2n) is 6.11. The molecule has 20 heavy (non-hydrogen) atoms. The first-order valence-corrected chi connectivity index (χ1v) is 8.04. The van der Waals surface area contributed by atoms with Crippen molar-refractivity contribution in [3.63, 3.8) is 0 Å². The van der Waals surface area contributed by atoms with Crippen molar-refractivity contribution in [2.75, 3.05) is 17.6 Å². The number of thiazole rings is 1. The Hall–Kier alpha value is -1.30. The molecule has 1 heterocycles. The molecule has 5 nitrogen and oxygen atoms in total. The van der Waals surface area contributed by atoms with Gasteiger partial charge in [-0.15, -0.1) is 0 Å². The average molecular weight is 296 g/mol. The molecule has 0 bridgehead atoms. The molecule has 0 aliphatic heterocycles. The van der Waals surface area contributed by atoms with Crippen molar-refractivity contribution in [2.24, 2.45) is 5.92 Å². The van der Waals surface area contributed by atoms with Crippen LogP contribution in [0.1, 0.15) is 50.2 Å². The average Bonchev–Trinajstić information content (AvgIpc) is 3.09. The first-order valence-electron chi connectivity index (χ1n) is 7.22. The molecule has 1 aliphatic rings. The minimum absolute atomic E-state index is 0.0352. The summed E-state index contributed by atoms with van der Waals surface area (Å²) in [6.45, 7) is 9.12. The Morgan fingerprint density at radius 3 is 2.60 bits per heavy atom. The van der Waals surface area contributed by atoms with Crippen molar-refractivity contribution in [3.8, 4) is 0 Å². The van der Waals surface area contributed by atoms with Gasteiger partial charge < -0.3 is 16.0 Å². The number of carbonyl (C=O) groups is 1. The van der Waals surface area contributed by atoms with Crippen LogP contribution in [-0.2, 0) is 0 Å². The summed E-state index contributed by atoms with van der Waals surface area (Å²) >= 11 is 1.36. The molecule has 1 saturated carbocycles. The van der Waals surface area contributed by atoms with E-state index in [2.05, 4.69) is 24.1 Å². The Morgan fingerprint density at radius 1 is 1.45 bits per heavy atom. The molecule has 2 rings (SSSR count). The Balaban J connectivity index is 2.16. The molecular weight excluding hydrogens is 272 g/mol. The van der Waals surface area contributed by atoms with Gasteiger partial charge in [0.05, 0.1) is 0 Å². The molecule has 0 saturated heterocycles. The fourth-order valence-electron chi connectivity index (χ4n) is 2.10. The zero-order valence-electron chi connectivity index (χ0n) is 12.6. The lowest BCUT2D eigenvalue weighted by molar-refractivity contribution is 0.0728. The number of aromatic nitrogens is 1. The van der Waals surface area contributed by atoms with Crippen LogP contribution in [0.2, 0.25) is 0 Å². The first-order chi connectivity index (χ1) is 9.38. The summed E-state index contributed by atoms with van der Waals surface area (Å²) in [6, 6.07) is 0.673. The molecule has 112 valence electrons. The first kappa shape index (κ1) is 15.1. The number of carbonyl (C=O) groups excluding carboxylic acids is 1. The molecule has 0 unspecified atom stereocenters. The quantitative estimate of drug-likeness (QED) is 0.847. The third kappa shape index (κ3) is 3.62. The number of nitrogens with one attached hydrogen (secondary N) is 1. The Labute approximate surface area is 124 Å². The van der Waals surface area contributed by atoms with Crippen molar-refractivity contribution in [2.45, 2.75) is 52.6 Å². The smallest absolute Gasteiger partial charge is 0.268 e. The minimum atomic E-state index is 0.0352. The van der Waals surface area contributed by atoms with E-state index >= 15 is 0 Å². The Kier molecular flexibility index (Phi) is 4.52. The maximum absolute atomic E-state index is 12.7. The van der Waals surface area contributed by atoms with E-state index in [9.17, 15) is 4.79 Å². The predicted molar refractivity (Wildman–Crippen MR) is 84.2 cm³/mol. The number of nitrogen functional groups attached to an aromatic ring is 1. The highest BCUT2D eigenvalue weighted by Gasteiger charge is 2.35. The highest BCUT2D eigenvalue weighted by atomic mass is 32.1. The fourth-order valence-corrected chi connectivity index (χ4v) is 3.09. The van der Waals surface area contributed by atoms with Gasteiger partial charge in [0.2, 0.25) is 0 Å². The molecule has 1 fully saturated rings. The van der Waals surface area contributed by atoms with Crippen LogP contribution < -0.4 is 11.1 Å². The van der Waals surface area contributed by atoms with Gasteiger partial charge in [-0.1, -0.05) is 25.2 Å². The number of anilines is 2. The van der Waals surface area contributed by atoms with Gasteiger partial charge in [0.15, 0.2) is 5.13 Å². The summed E-state index contributed by atoms with van der Waals surface area (Å²) in [5, 5.41) is 3.93. The molecule has 1 aromatic rings. The van der Waals surface area contributed by atoms with Crippen molar-refractivity contribution < 1.29 is 4.79 Å². The lowest BCUT2D eigenvalue weighted by atomic mass is 10.2. The van der Waals surface area contributed by atoms with E-state index in [1.165, 1.54) is 11.3 Å². The maximum Gasteiger partial charge on any atom is 0.268 e. The number of hydrogen-bond acceptors (Lipinski definition) is 5. The monoisotopic (exact) mass is 296 g/mol. The van der Waals surface area contributed by atoms with E-state index in [0.29, 0.717) is 22.7 Å². The van der Waals surface area contributed by atoms with Crippen LogP contribution in [0.5, 0.6) is 0 Å². The molecule has 0 atom stereocenters. The lowest BCUT2D eigenvalue weighted by Crippen LogP contribution is -2.36. The van der Waals surface area contributed by atoms with Gasteiger partial charge in [-0.2, -0.15) is 0 Å². The van der Waals surface area contributed by atoms with Gasteiger partial charge >= 0.3 is 0 Å². The van der Waals surface area contributed by atoms with E-state index in [-0.39, 0.29) is 11.9 Å². The predicted octanol–water partition coefficient (Wildman–Crippen LogP) is 2.81. The van der Waals surface area contributed by atoms with Gasteiger partial charge in [0.1, 0.15) is 10.7 Å². The van der Waals surface area contributed by atoms with Gasteiger partial charge in [0.25, 0.3) is 5.91 Å². The van der Waals surface area contributed by atoms with Crippen molar-refractivity contribution in [1.82, 2.24) is 9.88 Å². The topological polar surface area (TPSA) is 71.2 Å². The van der Waals surface area contributed by atoms with Crippen molar-refractivity contribution in [1.29, 1.82) is 0 Å². The molecule has 0 radical (unpaired) electrons. The van der Waals surface area contributed by atoms with Crippen LogP contribution in [0.4, 0.5) is 10.9 Å². The largest absolute Gasteiger partial charge is 0.382 e. The summed E-state index contributed by atoms with van der Waals surface area (Å²) < 4.78 is 0. The lowest BCUT2D eigenvalue weighted by Gasteiger charge is -2.23. The normalized spacial score (nSPS) is 14.9. The summed E-state index contributed by atoms with van der Waals surface area (Å²) in [6.07, 6.45) is 2.21. The van der Waals surface area contributed by atoms with Crippen LogP contribution in [0.3, 0.4) is 0 Å². The molecule has 1 aromatic heterocycles. The van der Waals surface area contributed by atoms with Crippen LogP contribution in [0.25, 0.3) is 0 Å². The molecular formula is C14H24N4OS. The molecule has 1 amide bonds. The van der Waals surface area contributed by atoms with E-state index < -0.39 is 0 Å². The van der Waals surface area contributed by atoms with Crippen LogP contribution in [-0.4, -0.2) is 34.4 Å². The van der Waals surface area contributed by atoms with E-state index in [1.807, 2.05) is 18.7 Å². The SMILES string of the molecule is CC(C)CN(C(=O)c1sc(NC(C)C)nc1N)C1CC1. The second kappa shape index (κ2) is 5.99. The van der Waals surface area contributed by atoms with E-state index in [0.717, 1.165) is 24.5 Å². The number of rotatable bonds is 6. The Bertz CT molecular complexity index is 480. The Morgan fingerprint density at radius 2 is 2.10 bits per heavy atom. The number of amides is 1. The van der Waals surface area contributed by atoms with Crippen molar-refractivity contribution >= 4 is 28.2 Å². The van der Waals surface area contributed by atoms with E-state index in [4.69, 9.17) is 5.73 Å². The molecule has 6 heteroatoms. The highest BCUT2D eigenvalue weighted by Crippen LogP contribution is 2.33. The molecule has 1 aliphatic carbocycles. The number of nitrogens with two attached hydrogens (primary N) is 1. The summed E-state index contributed by atoms with van der Waals surface area (Å²) in [4.78, 5) is 19.5. The fraction of sp³-hybridized carbons (Fsp3) is 0.714. The second-order valence-corrected chi connectivity index (χ2v) is 7.11. The van der Waals surface area contributed by atoms with Gasteiger partial charge in [-0.05, 0) is 32.6 Å². The standard InChI is InChI=1S/C14H24N4OS/c1-8(2)7-18(10-5-6-10)13(19)11-12(15)17-14(20-11)16-9(3)4/h8-10H,5-7,15H2,1-4H3,(H,16,17). The minimum Gasteiger partial charge on any atom is -0.382 e. The molecule has 0 aromatic carbocycles. The van der Waals surface area contributed by atoms with Gasteiger partial charge in [-0.3, -0.25) is 4.79 Å². The highest BCUT2D eigenvalue weighted by molar-refractivity contribution is 7.18. The summed E-state index contributed by atoms with van der Waals surface area (Å²) in [5.41, 5.74) is 5.92. The van der Waals surface area contributed by atoms with Crippen LogP contribution in [0.15, 0.2) is 0 Å². The van der Waals surface area contributed by atoms with Gasteiger partial charge in [-0.25, -0.2) is 4.98 Å². The van der Waals surface area contributed by atoms with Gasteiger partial charge in [0, 0.05) is 18.6 Å². The van der Waals surface area contributed by atoms with E-state index in [1.54, 1.807) is 0 Å². The number of hydrogen-bond donors (Lipinski definition) is 2. The van der Waals surface area contributed by atoms with Crippen LogP contribution >= 0.6 is 11.3 Å². The summed E-state index contributed by atoms with van der Waals surface area (Å²) in [5.74, 6) is 0.840. The molecule has 3 N–H and O–H groups in total. The third-order valence-corrected chi connectivity index (χ3v) is 4.06. The maximum atomic E-state index is 12.7. The summed E-state index contributed by atoms with van der Waals surface area (Å²) in [7, 11) is 0. The number of nitrogens with zero attached hydrogens (tertiary/aromatic N) is 2. The zero-order chi connectivity index (χ0) is 14.9. The zero-order valence-corrected chi connectivity index (χ0v) is 13.5. The van der Waals surface area contributed by atoms with Crippen molar-refractivity contribution in [3.05, 3.63) is 4.88 Å². The van der Waals surface area contributed by atoms with Crippen LogP contribution in [0, 0.1) is 5.92 Å². The third-order valence-electron chi connectivity index (χ3n) is 3.07.